The molecule has 0 aliphatic heterocycles. The zero-order chi connectivity index (χ0) is 14.8. The van der Waals surface area contributed by atoms with Crippen molar-refractivity contribution < 1.29 is 9.90 Å². The van der Waals surface area contributed by atoms with Crippen LogP contribution in [-0.2, 0) is 4.79 Å². The van der Waals surface area contributed by atoms with Crippen molar-refractivity contribution in [3.05, 3.63) is 29.3 Å². The Morgan fingerprint density at radius 1 is 1.38 bits per heavy atom. The minimum atomic E-state index is 0.0615. The predicted molar refractivity (Wildman–Crippen MR) is 82.7 cm³/mol. The van der Waals surface area contributed by atoms with Gasteiger partial charge < -0.3 is 10.4 Å². The molecule has 2 atom stereocenters. The molecule has 1 aromatic carbocycles. The van der Waals surface area contributed by atoms with E-state index in [2.05, 4.69) is 17.2 Å². The van der Waals surface area contributed by atoms with E-state index in [-0.39, 0.29) is 18.4 Å². The van der Waals surface area contributed by atoms with Gasteiger partial charge in [-0.2, -0.15) is 0 Å². The molecule has 3 nitrogen and oxygen atoms in total. The summed E-state index contributed by atoms with van der Waals surface area (Å²) in [5.74, 6) is 7.59. The third-order valence-corrected chi connectivity index (χ3v) is 4.60. The average molecular weight is 283 g/mol. The molecule has 0 radical (unpaired) electrons. The highest BCUT2D eigenvalue weighted by Crippen LogP contribution is 2.57. The number of fused-ring (bicyclic) bond motifs is 1. The second-order valence-electron chi connectivity index (χ2n) is 6.10. The lowest BCUT2D eigenvalue weighted by molar-refractivity contribution is -0.118. The summed E-state index contributed by atoms with van der Waals surface area (Å²) in [6, 6.07) is 5.89. The largest absolute Gasteiger partial charge is 0.395 e. The molecule has 0 saturated heterocycles. The molecule has 110 valence electrons. The van der Waals surface area contributed by atoms with Crippen LogP contribution in [0.3, 0.4) is 0 Å². The first-order chi connectivity index (χ1) is 10.2. The second kappa shape index (κ2) is 5.91. The molecule has 0 spiro atoms. The van der Waals surface area contributed by atoms with Crippen LogP contribution >= 0.6 is 0 Å². The van der Waals surface area contributed by atoms with Gasteiger partial charge in [0.15, 0.2) is 0 Å². The van der Waals surface area contributed by atoms with Gasteiger partial charge in [0.2, 0.25) is 5.91 Å². The van der Waals surface area contributed by atoms with E-state index >= 15 is 0 Å². The van der Waals surface area contributed by atoms with Crippen LogP contribution in [0.4, 0.5) is 5.69 Å². The molecule has 2 aliphatic carbocycles. The van der Waals surface area contributed by atoms with Crippen molar-refractivity contribution in [1.29, 1.82) is 0 Å². The summed E-state index contributed by atoms with van der Waals surface area (Å²) >= 11 is 0. The zero-order valence-corrected chi connectivity index (χ0v) is 12.4. The number of aryl methyl sites for hydroxylation is 1. The number of aliphatic hydroxyl groups excluding tert-OH is 1. The van der Waals surface area contributed by atoms with Crippen LogP contribution in [0.5, 0.6) is 0 Å². The Bertz CT molecular complexity index is 601. The Kier molecular flexibility index (Phi) is 3.98. The van der Waals surface area contributed by atoms with E-state index in [1.807, 2.05) is 25.1 Å². The molecular formula is C18H21NO2. The Hall–Kier alpha value is -1.79. The zero-order valence-electron chi connectivity index (χ0n) is 12.4. The van der Waals surface area contributed by atoms with Crippen LogP contribution < -0.4 is 5.32 Å². The van der Waals surface area contributed by atoms with Crippen molar-refractivity contribution in [2.24, 2.45) is 17.8 Å². The van der Waals surface area contributed by atoms with Crippen molar-refractivity contribution in [3.63, 3.8) is 0 Å². The highest BCUT2D eigenvalue weighted by Gasteiger charge is 2.56. The Labute approximate surface area is 125 Å². The number of aliphatic hydroxyl groups is 1. The summed E-state index contributed by atoms with van der Waals surface area (Å²) in [6.07, 6.45) is 4.15. The Morgan fingerprint density at radius 3 is 2.86 bits per heavy atom. The van der Waals surface area contributed by atoms with E-state index < -0.39 is 0 Å². The minimum Gasteiger partial charge on any atom is -0.395 e. The van der Waals surface area contributed by atoms with Crippen LogP contribution in [0, 0.1) is 36.5 Å². The highest BCUT2D eigenvalue weighted by molar-refractivity contribution is 5.96. The smallest absolute Gasteiger partial charge is 0.228 e. The van der Waals surface area contributed by atoms with Crippen LogP contribution in [0.15, 0.2) is 18.2 Å². The third kappa shape index (κ3) is 2.96. The van der Waals surface area contributed by atoms with Gasteiger partial charge in [-0.15, -0.1) is 0 Å². The third-order valence-electron chi connectivity index (χ3n) is 4.60. The van der Waals surface area contributed by atoms with Gasteiger partial charge in [0.1, 0.15) is 0 Å². The topological polar surface area (TPSA) is 49.3 Å². The van der Waals surface area contributed by atoms with Gasteiger partial charge in [-0.3, -0.25) is 4.79 Å². The number of hydrogen-bond acceptors (Lipinski definition) is 2. The van der Waals surface area contributed by atoms with E-state index in [9.17, 15) is 4.79 Å². The summed E-state index contributed by atoms with van der Waals surface area (Å²) < 4.78 is 0. The number of rotatable bonds is 3. The van der Waals surface area contributed by atoms with Crippen molar-refractivity contribution in [2.45, 2.75) is 32.6 Å². The van der Waals surface area contributed by atoms with E-state index in [4.69, 9.17) is 5.11 Å². The van der Waals surface area contributed by atoms with Gasteiger partial charge in [0.25, 0.3) is 0 Å². The molecule has 2 N–H and O–H groups in total. The standard InChI is InChI=1S/C18H21NO2/c1-12-8-9-16(13(11-12)5-2-3-10-20)19-18(21)17-14-6-4-7-15(14)17/h8-9,11,14-15,17,20H,3-4,6-7,10H2,1H3,(H,19,21). The first kappa shape index (κ1) is 14.2. The molecule has 0 bridgehead atoms. The SMILES string of the molecule is Cc1ccc(NC(=O)C2C3CCCC32)c(C#CCCO)c1. The lowest BCUT2D eigenvalue weighted by Gasteiger charge is -2.09. The van der Waals surface area contributed by atoms with Crippen LogP contribution in [0.2, 0.25) is 0 Å². The number of nitrogens with one attached hydrogen (secondary N) is 1. The molecule has 2 aliphatic rings. The van der Waals surface area contributed by atoms with Gasteiger partial charge in [0, 0.05) is 17.9 Å². The van der Waals surface area contributed by atoms with Crippen LogP contribution in [0.25, 0.3) is 0 Å². The van der Waals surface area contributed by atoms with Crippen LogP contribution in [0.1, 0.15) is 36.8 Å². The van der Waals surface area contributed by atoms with Crippen molar-refractivity contribution in [3.8, 4) is 11.8 Å². The molecular weight excluding hydrogens is 262 g/mol. The Balaban J connectivity index is 1.73. The van der Waals surface area contributed by atoms with Crippen molar-refractivity contribution in [1.82, 2.24) is 0 Å². The molecule has 2 unspecified atom stereocenters. The maximum Gasteiger partial charge on any atom is 0.228 e. The summed E-state index contributed by atoms with van der Waals surface area (Å²) in [6.45, 7) is 2.07. The molecule has 21 heavy (non-hydrogen) atoms. The number of hydrogen-bond donors (Lipinski definition) is 2. The van der Waals surface area contributed by atoms with Crippen molar-refractivity contribution in [2.75, 3.05) is 11.9 Å². The molecule has 2 saturated carbocycles. The molecule has 1 aromatic rings. The fourth-order valence-corrected chi connectivity index (χ4v) is 3.51. The Morgan fingerprint density at radius 2 is 2.14 bits per heavy atom. The first-order valence-corrected chi connectivity index (χ1v) is 7.72. The summed E-state index contributed by atoms with van der Waals surface area (Å²) in [7, 11) is 0. The highest BCUT2D eigenvalue weighted by atomic mass is 16.2. The minimum absolute atomic E-state index is 0.0615. The van der Waals surface area contributed by atoms with E-state index in [0.29, 0.717) is 18.3 Å². The summed E-state index contributed by atoms with van der Waals surface area (Å²) in [5, 5.41) is 11.9. The molecule has 3 rings (SSSR count). The van der Waals surface area contributed by atoms with Gasteiger partial charge in [-0.1, -0.05) is 24.3 Å². The van der Waals surface area contributed by atoms with E-state index in [0.717, 1.165) is 16.8 Å². The normalized spacial score (nSPS) is 25.7. The van der Waals surface area contributed by atoms with Crippen molar-refractivity contribution >= 4 is 11.6 Å². The molecule has 0 aromatic heterocycles. The number of anilines is 1. The lowest BCUT2D eigenvalue weighted by atomic mass is 10.1. The lowest BCUT2D eigenvalue weighted by Crippen LogP contribution is -2.17. The van der Waals surface area contributed by atoms with Gasteiger partial charge in [0.05, 0.1) is 12.3 Å². The van der Waals surface area contributed by atoms with E-state index in [1.165, 1.54) is 19.3 Å². The summed E-state index contributed by atoms with van der Waals surface area (Å²) in [4.78, 5) is 12.4. The first-order valence-electron chi connectivity index (χ1n) is 7.72. The number of carbonyl (C=O) groups excluding carboxylic acids is 1. The quantitative estimate of drug-likeness (QED) is 0.838. The fraction of sp³-hybridized carbons (Fsp3) is 0.500. The number of benzene rings is 1. The average Bonchev–Trinajstić information content (AvgIpc) is 2.95. The molecule has 1 amide bonds. The number of carbonyl (C=O) groups is 1. The molecule has 2 fully saturated rings. The fourth-order valence-electron chi connectivity index (χ4n) is 3.51. The number of amides is 1. The van der Waals surface area contributed by atoms with Crippen LogP contribution in [-0.4, -0.2) is 17.6 Å². The van der Waals surface area contributed by atoms with E-state index in [1.54, 1.807) is 0 Å². The maximum atomic E-state index is 12.4. The summed E-state index contributed by atoms with van der Waals surface area (Å²) in [5.41, 5.74) is 2.74. The second-order valence-corrected chi connectivity index (χ2v) is 6.10. The molecule has 0 heterocycles. The predicted octanol–water partition coefficient (Wildman–Crippen LogP) is 2.71. The van der Waals surface area contributed by atoms with Gasteiger partial charge in [-0.25, -0.2) is 0 Å². The molecule has 3 heteroatoms. The van der Waals surface area contributed by atoms with Gasteiger partial charge >= 0.3 is 0 Å². The monoisotopic (exact) mass is 283 g/mol. The maximum absolute atomic E-state index is 12.4. The van der Waals surface area contributed by atoms with Gasteiger partial charge in [-0.05, 0) is 49.3 Å².